The number of ether oxygens (including phenoxy) is 1. The van der Waals surface area contributed by atoms with E-state index in [1.54, 1.807) is 6.07 Å². The zero-order valence-corrected chi connectivity index (χ0v) is 10.8. The molecule has 0 aliphatic rings. The number of aromatic amines is 1. The third-order valence-corrected chi connectivity index (χ3v) is 2.58. The van der Waals surface area contributed by atoms with Crippen LogP contribution in [0.3, 0.4) is 0 Å². The Hall–Kier alpha value is -1.92. The first kappa shape index (κ1) is 13.5. The van der Waals surface area contributed by atoms with Crippen LogP contribution >= 0.6 is 11.6 Å². The van der Waals surface area contributed by atoms with Gasteiger partial charge in [0.2, 0.25) is 5.95 Å². The van der Waals surface area contributed by atoms with Gasteiger partial charge in [-0.2, -0.15) is 0 Å². The van der Waals surface area contributed by atoms with Crippen LogP contribution in [0, 0.1) is 5.82 Å². The molecule has 0 fully saturated rings. The number of benzene rings is 1. The Labute approximate surface area is 113 Å². The minimum atomic E-state index is -0.554. The molecular weight excluding hydrogens is 273 g/mol. The second-order valence-electron chi connectivity index (χ2n) is 3.77. The van der Waals surface area contributed by atoms with Crippen LogP contribution in [0.15, 0.2) is 29.1 Å². The Morgan fingerprint density at radius 1 is 1.47 bits per heavy atom. The van der Waals surface area contributed by atoms with Gasteiger partial charge >= 0.3 is 0 Å². The Bertz CT molecular complexity index is 645. The summed E-state index contributed by atoms with van der Waals surface area (Å²) in [7, 11) is 1.50. The topological polar surface area (TPSA) is 67.0 Å². The van der Waals surface area contributed by atoms with Crippen molar-refractivity contribution in [2.45, 2.75) is 6.61 Å². The van der Waals surface area contributed by atoms with Crippen molar-refractivity contribution in [3.8, 4) is 0 Å². The summed E-state index contributed by atoms with van der Waals surface area (Å²) in [5.41, 5.74) is 0.585. The maximum atomic E-state index is 13.3. The maximum absolute atomic E-state index is 13.3. The highest BCUT2D eigenvalue weighted by Crippen LogP contribution is 2.20. The first-order valence-electron chi connectivity index (χ1n) is 5.40. The van der Waals surface area contributed by atoms with Crippen molar-refractivity contribution in [1.82, 2.24) is 9.97 Å². The first-order chi connectivity index (χ1) is 9.08. The molecule has 100 valence electrons. The summed E-state index contributed by atoms with van der Waals surface area (Å²) in [5, 5.41) is 2.82. The Kier molecular flexibility index (Phi) is 4.13. The van der Waals surface area contributed by atoms with Crippen LogP contribution in [0.25, 0.3) is 0 Å². The normalized spacial score (nSPS) is 10.5. The van der Waals surface area contributed by atoms with Gasteiger partial charge in [0.05, 0.1) is 17.3 Å². The number of hydrogen-bond donors (Lipinski definition) is 2. The van der Waals surface area contributed by atoms with Crippen molar-refractivity contribution in [2.75, 3.05) is 12.4 Å². The van der Waals surface area contributed by atoms with Gasteiger partial charge in [-0.05, 0) is 18.2 Å². The van der Waals surface area contributed by atoms with Gasteiger partial charge in [0.1, 0.15) is 5.82 Å². The molecule has 1 aromatic heterocycles. The van der Waals surface area contributed by atoms with Gasteiger partial charge < -0.3 is 10.1 Å². The van der Waals surface area contributed by atoms with E-state index in [1.807, 2.05) is 0 Å². The highest BCUT2D eigenvalue weighted by atomic mass is 35.5. The van der Waals surface area contributed by atoms with E-state index in [9.17, 15) is 9.18 Å². The van der Waals surface area contributed by atoms with Crippen molar-refractivity contribution in [2.24, 2.45) is 0 Å². The molecule has 2 aromatic rings. The summed E-state index contributed by atoms with van der Waals surface area (Å²) in [4.78, 5) is 18.0. The summed E-state index contributed by atoms with van der Waals surface area (Å²) in [6.45, 7) is 0.216. The minimum absolute atomic E-state index is 0.0279. The van der Waals surface area contributed by atoms with Crippen molar-refractivity contribution < 1.29 is 9.13 Å². The van der Waals surface area contributed by atoms with Gasteiger partial charge in [0, 0.05) is 18.9 Å². The van der Waals surface area contributed by atoms with Crippen LogP contribution < -0.4 is 10.9 Å². The van der Waals surface area contributed by atoms with E-state index < -0.39 is 5.82 Å². The molecule has 1 aromatic carbocycles. The van der Waals surface area contributed by atoms with E-state index in [-0.39, 0.29) is 23.1 Å². The minimum Gasteiger partial charge on any atom is -0.378 e. The summed E-state index contributed by atoms with van der Waals surface area (Å²) < 4.78 is 18.2. The fourth-order valence-electron chi connectivity index (χ4n) is 1.50. The van der Waals surface area contributed by atoms with Crippen LogP contribution in [0.1, 0.15) is 5.69 Å². The molecule has 2 rings (SSSR count). The molecule has 19 heavy (non-hydrogen) atoms. The third kappa shape index (κ3) is 3.52. The van der Waals surface area contributed by atoms with Crippen molar-refractivity contribution in [1.29, 1.82) is 0 Å². The molecule has 0 atom stereocenters. The number of H-pyrrole nitrogens is 1. The quantitative estimate of drug-likeness (QED) is 0.904. The lowest BCUT2D eigenvalue weighted by molar-refractivity contribution is 0.181. The van der Waals surface area contributed by atoms with Crippen LogP contribution in [-0.4, -0.2) is 17.1 Å². The number of nitrogens with zero attached hydrogens (tertiary/aromatic N) is 1. The fraction of sp³-hybridized carbons (Fsp3) is 0.167. The molecule has 0 saturated heterocycles. The summed E-state index contributed by atoms with van der Waals surface area (Å²) >= 11 is 5.58. The maximum Gasteiger partial charge on any atom is 0.252 e. The SMILES string of the molecule is COCc1cc(=O)[nH]c(Nc2ccc(Cl)c(F)c2)n1. The van der Waals surface area contributed by atoms with E-state index in [1.165, 1.54) is 25.3 Å². The van der Waals surface area contributed by atoms with Gasteiger partial charge in [-0.15, -0.1) is 0 Å². The van der Waals surface area contributed by atoms with E-state index in [0.717, 1.165) is 0 Å². The number of methoxy groups -OCH3 is 1. The lowest BCUT2D eigenvalue weighted by Gasteiger charge is -2.07. The molecule has 0 saturated carbocycles. The smallest absolute Gasteiger partial charge is 0.252 e. The summed E-state index contributed by atoms with van der Waals surface area (Å²) in [6, 6.07) is 5.53. The predicted octanol–water partition coefficient (Wildman–Crippen LogP) is 2.45. The summed E-state index contributed by atoms with van der Waals surface area (Å²) in [6.07, 6.45) is 0. The zero-order valence-electron chi connectivity index (χ0n) is 10.0. The Morgan fingerprint density at radius 3 is 2.95 bits per heavy atom. The highest BCUT2D eigenvalue weighted by molar-refractivity contribution is 6.30. The molecule has 2 N–H and O–H groups in total. The van der Waals surface area contributed by atoms with Gasteiger partial charge in [0.25, 0.3) is 5.56 Å². The number of nitrogens with one attached hydrogen (secondary N) is 2. The standard InChI is InChI=1S/C12H11ClFN3O2/c1-19-6-8-5-11(18)17-12(16-8)15-7-2-3-9(13)10(14)4-7/h2-5H,6H2,1H3,(H2,15,16,17,18). The fourth-order valence-corrected chi connectivity index (χ4v) is 1.62. The molecule has 5 nitrogen and oxygen atoms in total. The molecule has 1 heterocycles. The second-order valence-corrected chi connectivity index (χ2v) is 4.18. The number of halogens is 2. The molecular formula is C12H11ClFN3O2. The van der Waals surface area contributed by atoms with Crippen molar-refractivity contribution in [3.05, 3.63) is 51.2 Å². The molecule has 0 bridgehead atoms. The summed E-state index contributed by atoms with van der Waals surface area (Å²) in [5.74, 6) is -0.344. The molecule has 0 aliphatic carbocycles. The van der Waals surface area contributed by atoms with E-state index in [0.29, 0.717) is 11.4 Å². The van der Waals surface area contributed by atoms with Crippen molar-refractivity contribution >= 4 is 23.2 Å². The van der Waals surface area contributed by atoms with E-state index >= 15 is 0 Å². The number of anilines is 2. The molecule has 0 aliphatic heterocycles. The average molecular weight is 284 g/mol. The van der Waals surface area contributed by atoms with E-state index in [4.69, 9.17) is 16.3 Å². The highest BCUT2D eigenvalue weighted by Gasteiger charge is 2.04. The van der Waals surface area contributed by atoms with Crippen LogP contribution in [-0.2, 0) is 11.3 Å². The molecule has 7 heteroatoms. The van der Waals surface area contributed by atoms with Gasteiger partial charge in [-0.3, -0.25) is 9.78 Å². The lowest BCUT2D eigenvalue weighted by atomic mass is 10.3. The van der Waals surface area contributed by atoms with Gasteiger partial charge in [0.15, 0.2) is 0 Å². The lowest BCUT2D eigenvalue weighted by Crippen LogP contribution is -2.12. The number of rotatable bonds is 4. The molecule has 0 amide bonds. The largest absolute Gasteiger partial charge is 0.378 e. The average Bonchev–Trinajstić information content (AvgIpc) is 2.33. The number of aromatic nitrogens is 2. The molecule has 0 unspecified atom stereocenters. The van der Waals surface area contributed by atoms with Crippen LogP contribution in [0.5, 0.6) is 0 Å². The van der Waals surface area contributed by atoms with Crippen LogP contribution in [0.2, 0.25) is 5.02 Å². The first-order valence-corrected chi connectivity index (χ1v) is 5.77. The zero-order chi connectivity index (χ0) is 13.8. The predicted molar refractivity (Wildman–Crippen MR) is 70.3 cm³/mol. The van der Waals surface area contributed by atoms with E-state index in [2.05, 4.69) is 15.3 Å². The Morgan fingerprint density at radius 2 is 2.26 bits per heavy atom. The second kappa shape index (κ2) is 5.81. The van der Waals surface area contributed by atoms with Gasteiger partial charge in [-0.1, -0.05) is 11.6 Å². The van der Waals surface area contributed by atoms with Crippen LogP contribution in [0.4, 0.5) is 16.0 Å². The number of hydrogen-bond acceptors (Lipinski definition) is 4. The van der Waals surface area contributed by atoms with Crippen molar-refractivity contribution in [3.63, 3.8) is 0 Å². The third-order valence-electron chi connectivity index (χ3n) is 2.27. The molecule has 0 spiro atoms. The van der Waals surface area contributed by atoms with Gasteiger partial charge in [-0.25, -0.2) is 9.37 Å². The monoisotopic (exact) mass is 283 g/mol. The molecule has 0 radical (unpaired) electrons. The Balaban J connectivity index is 2.27.